The van der Waals surface area contributed by atoms with Crippen LogP contribution in [-0.4, -0.2) is 20.5 Å². The number of carbonyl (C=O) groups is 1. The molecule has 4 rings (SSSR count). The standard InChI is InChI=1S/C24H22F2N4O/c1-14-5-6-15(11-20(14)28-23(31)24(2,3)4)21-13-30-22(27-21)10-9-19(29-30)17-12-16(25)7-8-18(17)26/h5-13H,1-4H3,(H,28,31). The fourth-order valence-electron chi connectivity index (χ4n) is 3.08. The molecule has 1 amide bonds. The van der Waals surface area contributed by atoms with Crippen molar-refractivity contribution in [3.05, 3.63) is 71.9 Å². The van der Waals surface area contributed by atoms with E-state index < -0.39 is 17.0 Å². The number of imidazole rings is 1. The van der Waals surface area contributed by atoms with E-state index in [9.17, 15) is 13.6 Å². The summed E-state index contributed by atoms with van der Waals surface area (Å²) in [6.07, 6.45) is 1.72. The van der Waals surface area contributed by atoms with Gasteiger partial charge in [-0.3, -0.25) is 4.79 Å². The Kier molecular flexibility index (Phi) is 5.05. The Morgan fingerprint density at radius 1 is 1.00 bits per heavy atom. The number of hydrogen-bond donors (Lipinski definition) is 1. The summed E-state index contributed by atoms with van der Waals surface area (Å²) in [4.78, 5) is 17.0. The van der Waals surface area contributed by atoms with Gasteiger partial charge in [-0.25, -0.2) is 18.3 Å². The van der Waals surface area contributed by atoms with Crippen LogP contribution in [0.1, 0.15) is 26.3 Å². The van der Waals surface area contributed by atoms with E-state index >= 15 is 0 Å². The number of anilines is 1. The molecule has 0 radical (unpaired) electrons. The number of amides is 1. The highest BCUT2D eigenvalue weighted by Crippen LogP contribution is 2.28. The third-order valence-corrected chi connectivity index (χ3v) is 4.99. The Morgan fingerprint density at radius 2 is 1.77 bits per heavy atom. The minimum absolute atomic E-state index is 0.0776. The lowest BCUT2D eigenvalue weighted by atomic mass is 9.95. The summed E-state index contributed by atoms with van der Waals surface area (Å²) in [5.74, 6) is -1.16. The summed E-state index contributed by atoms with van der Waals surface area (Å²) in [5.41, 5.74) is 3.54. The lowest BCUT2D eigenvalue weighted by Gasteiger charge is -2.19. The van der Waals surface area contributed by atoms with Crippen molar-refractivity contribution >= 4 is 17.2 Å². The number of nitrogens with one attached hydrogen (secondary N) is 1. The van der Waals surface area contributed by atoms with Crippen LogP contribution in [0.4, 0.5) is 14.5 Å². The minimum Gasteiger partial charge on any atom is -0.325 e. The molecule has 0 aliphatic heterocycles. The smallest absolute Gasteiger partial charge is 0.229 e. The molecule has 2 heterocycles. The van der Waals surface area contributed by atoms with Crippen molar-refractivity contribution in [2.24, 2.45) is 5.41 Å². The van der Waals surface area contributed by atoms with E-state index in [0.29, 0.717) is 22.7 Å². The summed E-state index contributed by atoms with van der Waals surface area (Å²) < 4.78 is 29.2. The first kappa shape index (κ1) is 20.7. The van der Waals surface area contributed by atoms with Gasteiger partial charge in [0.05, 0.1) is 17.6 Å². The Bertz CT molecular complexity index is 1300. The maximum absolute atomic E-state index is 14.1. The van der Waals surface area contributed by atoms with Crippen molar-refractivity contribution in [2.75, 3.05) is 5.32 Å². The average Bonchev–Trinajstić information content (AvgIpc) is 3.14. The molecular weight excluding hydrogens is 398 g/mol. The molecule has 0 spiro atoms. The Balaban J connectivity index is 1.71. The van der Waals surface area contributed by atoms with Crippen LogP contribution in [0.3, 0.4) is 0 Å². The third kappa shape index (κ3) is 4.17. The summed E-state index contributed by atoms with van der Waals surface area (Å²) in [6, 6.07) is 12.3. The van der Waals surface area contributed by atoms with E-state index in [-0.39, 0.29) is 11.5 Å². The number of rotatable bonds is 3. The highest BCUT2D eigenvalue weighted by molar-refractivity contribution is 5.95. The normalized spacial score (nSPS) is 11.7. The van der Waals surface area contributed by atoms with E-state index in [1.54, 1.807) is 18.3 Å². The zero-order valence-electron chi connectivity index (χ0n) is 17.7. The van der Waals surface area contributed by atoms with Crippen LogP contribution < -0.4 is 5.32 Å². The van der Waals surface area contributed by atoms with Gasteiger partial charge in [0.1, 0.15) is 11.6 Å². The van der Waals surface area contributed by atoms with Gasteiger partial charge in [-0.1, -0.05) is 32.9 Å². The molecule has 0 unspecified atom stereocenters. The number of aryl methyl sites for hydroxylation is 1. The maximum Gasteiger partial charge on any atom is 0.229 e. The molecule has 5 nitrogen and oxygen atoms in total. The maximum atomic E-state index is 14.1. The quantitative estimate of drug-likeness (QED) is 0.467. The van der Waals surface area contributed by atoms with Crippen LogP contribution in [0.5, 0.6) is 0 Å². The molecule has 31 heavy (non-hydrogen) atoms. The second kappa shape index (κ2) is 7.58. The number of fused-ring (bicyclic) bond motifs is 1. The zero-order valence-corrected chi connectivity index (χ0v) is 17.7. The monoisotopic (exact) mass is 420 g/mol. The fraction of sp³-hybridized carbons (Fsp3) is 0.208. The van der Waals surface area contributed by atoms with Gasteiger partial charge in [0.25, 0.3) is 0 Å². The SMILES string of the molecule is Cc1ccc(-c2cn3nc(-c4cc(F)ccc4F)ccc3n2)cc1NC(=O)C(C)(C)C. The topological polar surface area (TPSA) is 59.3 Å². The van der Waals surface area contributed by atoms with E-state index in [4.69, 9.17) is 0 Å². The number of benzene rings is 2. The Morgan fingerprint density at radius 3 is 2.52 bits per heavy atom. The number of nitrogens with zero attached hydrogens (tertiary/aromatic N) is 3. The zero-order chi connectivity index (χ0) is 22.3. The van der Waals surface area contributed by atoms with Gasteiger partial charge >= 0.3 is 0 Å². The molecule has 0 atom stereocenters. The fourth-order valence-corrected chi connectivity index (χ4v) is 3.08. The molecule has 0 saturated carbocycles. The summed E-state index contributed by atoms with van der Waals surface area (Å²) in [7, 11) is 0. The van der Waals surface area contributed by atoms with Crippen molar-refractivity contribution in [1.82, 2.24) is 14.6 Å². The molecule has 2 aromatic heterocycles. The molecule has 4 aromatic rings. The van der Waals surface area contributed by atoms with Crippen LogP contribution in [0.25, 0.3) is 28.2 Å². The molecule has 0 saturated heterocycles. The van der Waals surface area contributed by atoms with Crippen LogP contribution in [0, 0.1) is 24.0 Å². The van der Waals surface area contributed by atoms with Crippen molar-refractivity contribution < 1.29 is 13.6 Å². The lowest BCUT2D eigenvalue weighted by Crippen LogP contribution is -2.27. The van der Waals surface area contributed by atoms with E-state index in [1.807, 2.05) is 45.9 Å². The first-order valence-electron chi connectivity index (χ1n) is 9.86. The Hall–Kier alpha value is -3.61. The molecular formula is C24H22F2N4O. The van der Waals surface area contributed by atoms with E-state index in [2.05, 4.69) is 15.4 Å². The van der Waals surface area contributed by atoms with E-state index in [0.717, 1.165) is 29.3 Å². The van der Waals surface area contributed by atoms with Crippen LogP contribution in [0.15, 0.2) is 54.7 Å². The number of aromatic nitrogens is 3. The largest absolute Gasteiger partial charge is 0.325 e. The lowest BCUT2D eigenvalue weighted by molar-refractivity contribution is -0.123. The number of hydrogen-bond acceptors (Lipinski definition) is 3. The van der Waals surface area contributed by atoms with Crippen LogP contribution in [-0.2, 0) is 4.79 Å². The summed E-state index contributed by atoms with van der Waals surface area (Å²) >= 11 is 0. The molecule has 0 aliphatic rings. The van der Waals surface area contributed by atoms with Gasteiger partial charge in [0.2, 0.25) is 5.91 Å². The summed E-state index contributed by atoms with van der Waals surface area (Å²) in [6.45, 7) is 7.49. The molecule has 0 aliphatic carbocycles. The predicted octanol–water partition coefficient (Wildman–Crippen LogP) is 5.63. The first-order chi connectivity index (χ1) is 14.6. The molecule has 2 aromatic carbocycles. The molecule has 7 heteroatoms. The second-order valence-corrected chi connectivity index (χ2v) is 8.51. The highest BCUT2D eigenvalue weighted by atomic mass is 19.1. The molecule has 0 fully saturated rings. The highest BCUT2D eigenvalue weighted by Gasteiger charge is 2.22. The predicted molar refractivity (Wildman–Crippen MR) is 117 cm³/mol. The van der Waals surface area contributed by atoms with Crippen molar-refractivity contribution in [2.45, 2.75) is 27.7 Å². The van der Waals surface area contributed by atoms with Gasteiger partial charge < -0.3 is 5.32 Å². The van der Waals surface area contributed by atoms with E-state index in [1.165, 1.54) is 4.52 Å². The molecule has 0 bridgehead atoms. The van der Waals surface area contributed by atoms with Crippen LogP contribution in [0.2, 0.25) is 0 Å². The van der Waals surface area contributed by atoms with Gasteiger partial charge in [-0.2, -0.15) is 5.10 Å². The second-order valence-electron chi connectivity index (χ2n) is 8.51. The number of halogens is 2. The van der Waals surface area contributed by atoms with Gasteiger partial charge in [-0.05, 0) is 48.9 Å². The van der Waals surface area contributed by atoms with Crippen molar-refractivity contribution in [1.29, 1.82) is 0 Å². The summed E-state index contributed by atoms with van der Waals surface area (Å²) in [5, 5.41) is 7.36. The number of carbonyl (C=O) groups excluding carboxylic acids is 1. The first-order valence-corrected chi connectivity index (χ1v) is 9.86. The van der Waals surface area contributed by atoms with Crippen molar-refractivity contribution in [3.63, 3.8) is 0 Å². The van der Waals surface area contributed by atoms with Crippen LogP contribution >= 0.6 is 0 Å². The minimum atomic E-state index is -0.550. The molecule has 158 valence electrons. The van der Waals surface area contributed by atoms with Crippen molar-refractivity contribution in [3.8, 4) is 22.5 Å². The molecule has 1 N–H and O–H groups in total. The Labute approximate surface area is 178 Å². The van der Waals surface area contributed by atoms with Gasteiger partial charge in [0, 0.05) is 22.2 Å². The van der Waals surface area contributed by atoms with Gasteiger partial charge in [-0.15, -0.1) is 0 Å². The third-order valence-electron chi connectivity index (χ3n) is 4.99. The average molecular weight is 420 g/mol. The van der Waals surface area contributed by atoms with Gasteiger partial charge in [0.15, 0.2) is 5.65 Å².